The van der Waals surface area contributed by atoms with E-state index in [4.69, 9.17) is 52.0 Å². The molecule has 4 aliphatic rings. The van der Waals surface area contributed by atoms with Crippen molar-refractivity contribution >= 4 is 34.6 Å². The first-order valence-corrected chi connectivity index (χ1v) is 25.4. The lowest BCUT2D eigenvalue weighted by Gasteiger charge is -2.37. The van der Waals surface area contributed by atoms with Gasteiger partial charge < -0.3 is 51.5 Å². The van der Waals surface area contributed by atoms with Gasteiger partial charge in [0, 0.05) is 49.1 Å². The van der Waals surface area contributed by atoms with Crippen LogP contribution < -0.4 is 46.6 Å². The molecule has 2 fully saturated rings. The molecule has 6 aromatic rings. The lowest BCUT2D eigenvalue weighted by molar-refractivity contribution is -0.127. The average molecular weight is 1040 g/mol. The highest BCUT2D eigenvalue weighted by Crippen LogP contribution is 2.41. The molecule has 18 nitrogen and oxygen atoms in total. The van der Waals surface area contributed by atoms with Gasteiger partial charge in [-0.3, -0.25) is 19.2 Å². The molecule has 3 amide bonds. The number of carbonyl (C=O) groups excluding carboxylic acids is 4. The number of fused-ring (bicyclic) bond motifs is 2. The first-order valence-electron chi connectivity index (χ1n) is 25.0. The van der Waals surface area contributed by atoms with Crippen molar-refractivity contribution < 1.29 is 38.1 Å². The maximum absolute atomic E-state index is 12.6. The standard InChI is InChI=1S/C28H31N5O4.C25H29N5O3.C3H3ClO/c1-3-24(34)32-16-13-18(14-17-32)23-12-15-30-33-26(27(29)35)25(31-28(23)33)19-4-6-21(7-5-19)37-22-10-8-20(36-2)9-11-22;1-32-18-6-8-20(9-7-18)33-19-4-2-17(3-5-19)22-23(24(26)31)30-25(29-22)21(12-15-28-30)16-10-13-27-14-11-16;1-2-3(4)5/h3-11,18,23,30H,1,12-17H2,2H3,(H2,29,35);2-9,16,21,27-28H,10-15H2,1H3,(H2,26,31);2H,1H2. The van der Waals surface area contributed by atoms with Gasteiger partial charge in [-0.25, -0.2) is 19.3 Å². The predicted molar refractivity (Wildman–Crippen MR) is 288 cm³/mol. The summed E-state index contributed by atoms with van der Waals surface area (Å²) < 4.78 is 25.8. The fraction of sp³-hybridized carbons (Fsp3) is 0.321. The minimum Gasteiger partial charge on any atom is -0.497 e. The van der Waals surface area contributed by atoms with Gasteiger partial charge >= 0.3 is 0 Å². The number of allylic oxidation sites excluding steroid dienone is 1. The van der Waals surface area contributed by atoms with Crippen LogP contribution in [0.5, 0.6) is 34.5 Å². The molecule has 19 heteroatoms. The summed E-state index contributed by atoms with van der Waals surface area (Å²) in [4.78, 5) is 58.2. The molecule has 0 radical (unpaired) electrons. The molecular formula is C56H63ClN10O8. The molecule has 2 aromatic heterocycles. The molecule has 7 N–H and O–H groups in total. The molecule has 2 unspecified atom stereocenters. The number of nitrogens with two attached hydrogens (primary N) is 2. The van der Waals surface area contributed by atoms with Crippen molar-refractivity contribution in [2.45, 2.75) is 50.4 Å². The van der Waals surface area contributed by atoms with Crippen molar-refractivity contribution in [3.63, 3.8) is 0 Å². The van der Waals surface area contributed by atoms with Gasteiger partial charge in [-0.15, -0.1) is 0 Å². The zero-order chi connectivity index (χ0) is 53.0. The molecule has 4 aromatic carbocycles. The molecule has 2 saturated heterocycles. The van der Waals surface area contributed by atoms with E-state index in [9.17, 15) is 19.2 Å². The van der Waals surface area contributed by atoms with Crippen molar-refractivity contribution in [3.8, 4) is 57.0 Å². The zero-order valence-electron chi connectivity index (χ0n) is 42.1. The van der Waals surface area contributed by atoms with Crippen LogP contribution in [0.25, 0.3) is 22.5 Å². The highest BCUT2D eigenvalue weighted by molar-refractivity contribution is 6.66. The Morgan fingerprint density at radius 3 is 1.27 bits per heavy atom. The molecule has 10 rings (SSSR count). The minimum absolute atomic E-state index is 0.0250. The van der Waals surface area contributed by atoms with Crippen LogP contribution in [-0.2, 0) is 9.59 Å². The largest absolute Gasteiger partial charge is 0.497 e. The maximum atomic E-state index is 12.6. The van der Waals surface area contributed by atoms with Gasteiger partial charge in [-0.2, -0.15) is 0 Å². The normalized spacial score (nSPS) is 17.1. The Morgan fingerprint density at radius 1 is 0.560 bits per heavy atom. The third-order valence-electron chi connectivity index (χ3n) is 13.9. The zero-order valence-corrected chi connectivity index (χ0v) is 42.9. The Balaban J connectivity index is 0.000000184. The van der Waals surface area contributed by atoms with E-state index >= 15 is 0 Å². The highest BCUT2D eigenvalue weighted by atomic mass is 35.5. The Bertz CT molecular complexity index is 2960. The van der Waals surface area contributed by atoms with Gasteiger partial charge in [0.1, 0.15) is 57.5 Å². The van der Waals surface area contributed by atoms with E-state index in [1.54, 1.807) is 18.9 Å². The summed E-state index contributed by atoms with van der Waals surface area (Å²) in [7, 11) is 3.25. The predicted octanol–water partition coefficient (Wildman–Crippen LogP) is 8.32. The van der Waals surface area contributed by atoms with Crippen molar-refractivity contribution in [3.05, 3.63) is 145 Å². The number of hydrogen-bond acceptors (Lipinski definition) is 13. The Morgan fingerprint density at radius 2 is 0.920 bits per heavy atom. The molecule has 6 heterocycles. The van der Waals surface area contributed by atoms with Gasteiger partial charge in [0.2, 0.25) is 11.1 Å². The van der Waals surface area contributed by atoms with Crippen LogP contribution in [0.4, 0.5) is 0 Å². The number of carbonyl (C=O) groups is 4. The summed E-state index contributed by atoms with van der Waals surface area (Å²) in [6.07, 6.45) is 8.34. The smallest absolute Gasteiger partial charge is 0.269 e. The van der Waals surface area contributed by atoms with E-state index in [1.165, 1.54) is 6.08 Å². The van der Waals surface area contributed by atoms with Crippen molar-refractivity contribution in [2.24, 2.45) is 23.3 Å². The summed E-state index contributed by atoms with van der Waals surface area (Å²) in [6.45, 7) is 11.6. The van der Waals surface area contributed by atoms with Crippen molar-refractivity contribution in [2.75, 3.05) is 64.3 Å². The summed E-state index contributed by atoms with van der Waals surface area (Å²) in [6, 6.07) is 29.8. The van der Waals surface area contributed by atoms with Crippen LogP contribution >= 0.6 is 11.6 Å². The number of likely N-dealkylation sites (tertiary alicyclic amines) is 1. The SMILES string of the molecule is C=CC(=O)Cl.C=CC(=O)N1CCC(C2CCNn3c2nc(-c2ccc(Oc4ccc(OC)cc4)cc2)c3C(N)=O)CC1.COc1ccc(Oc2ccc(-c3nc4n(c3C(N)=O)NCCC4C3CCNCC3)cc2)cc1. The fourth-order valence-electron chi connectivity index (χ4n) is 10.2. The molecular weight excluding hydrogens is 976 g/mol. The van der Waals surface area contributed by atoms with Crippen molar-refractivity contribution in [1.29, 1.82) is 0 Å². The van der Waals surface area contributed by atoms with Gasteiger partial charge in [0.05, 0.1) is 14.2 Å². The van der Waals surface area contributed by atoms with Gasteiger partial charge in [-0.1, -0.05) is 13.2 Å². The third kappa shape index (κ3) is 12.6. The molecule has 0 spiro atoms. The van der Waals surface area contributed by atoms with Gasteiger partial charge in [0.25, 0.3) is 11.8 Å². The van der Waals surface area contributed by atoms with Gasteiger partial charge in [-0.05, 0) is 184 Å². The lowest BCUT2D eigenvalue weighted by Crippen LogP contribution is -2.41. The van der Waals surface area contributed by atoms with E-state index in [0.717, 1.165) is 98.5 Å². The summed E-state index contributed by atoms with van der Waals surface area (Å²) in [5.41, 5.74) is 21.8. The number of piperidine rings is 2. The van der Waals surface area contributed by atoms with E-state index in [0.29, 0.717) is 83.2 Å². The Labute approximate surface area is 441 Å². The first kappa shape index (κ1) is 53.2. The number of amides is 3. The summed E-state index contributed by atoms with van der Waals surface area (Å²) in [5.74, 6) is 6.40. The second-order valence-electron chi connectivity index (χ2n) is 18.4. The Kier molecular flexibility index (Phi) is 17.6. The number of rotatable bonds is 14. The molecule has 4 aliphatic heterocycles. The number of nitrogens with one attached hydrogen (secondary N) is 3. The van der Waals surface area contributed by atoms with Crippen LogP contribution in [0.2, 0.25) is 0 Å². The minimum atomic E-state index is -0.535. The first-order chi connectivity index (χ1) is 36.4. The van der Waals surface area contributed by atoms with Gasteiger partial charge in [0.15, 0.2) is 11.4 Å². The molecule has 0 saturated carbocycles. The third-order valence-corrected chi connectivity index (χ3v) is 14.1. The molecule has 2 atom stereocenters. The Hall–Kier alpha value is -8.09. The number of ether oxygens (including phenoxy) is 4. The van der Waals surface area contributed by atoms with E-state index < -0.39 is 17.1 Å². The molecule has 0 aliphatic carbocycles. The highest BCUT2D eigenvalue weighted by Gasteiger charge is 2.37. The number of hydrogen-bond donors (Lipinski definition) is 5. The number of methoxy groups -OCH3 is 2. The number of benzene rings is 4. The van der Waals surface area contributed by atoms with Crippen LogP contribution in [0.1, 0.15) is 83.0 Å². The van der Waals surface area contributed by atoms with Crippen LogP contribution in [0.3, 0.4) is 0 Å². The number of primary amides is 2. The maximum Gasteiger partial charge on any atom is 0.269 e. The number of halogens is 1. The van der Waals surface area contributed by atoms with E-state index in [-0.39, 0.29) is 11.8 Å². The van der Waals surface area contributed by atoms with Crippen LogP contribution in [0, 0.1) is 11.8 Å². The molecule has 75 heavy (non-hydrogen) atoms. The second-order valence-corrected chi connectivity index (χ2v) is 18.8. The summed E-state index contributed by atoms with van der Waals surface area (Å²) >= 11 is 4.71. The number of aromatic nitrogens is 4. The van der Waals surface area contributed by atoms with E-state index in [2.05, 4.69) is 29.3 Å². The second kappa shape index (κ2) is 24.8. The van der Waals surface area contributed by atoms with E-state index in [1.807, 2.05) is 107 Å². The topological polar surface area (TPSA) is 232 Å². The quantitative estimate of drug-likeness (QED) is 0.0511. The monoisotopic (exact) mass is 1040 g/mol. The summed E-state index contributed by atoms with van der Waals surface area (Å²) in [5, 5.41) is 2.92. The lowest BCUT2D eigenvalue weighted by atomic mass is 9.81. The number of nitrogens with zero attached hydrogens (tertiary/aromatic N) is 5. The average Bonchev–Trinajstić information content (AvgIpc) is 4.06. The molecule has 392 valence electrons. The van der Waals surface area contributed by atoms with Crippen LogP contribution in [0.15, 0.2) is 122 Å². The fourth-order valence-corrected chi connectivity index (χ4v) is 10.2. The van der Waals surface area contributed by atoms with Crippen molar-refractivity contribution in [1.82, 2.24) is 29.5 Å². The van der Waals surface area contributed by atoms with Crippen LogP contribution in [-0.4, -0.2) is 101 Å². The molecule has 0 bridgehead atoms. The number of imidazole rings is 2.